The van der Waals surface area contributed by atoms with Crippen LogP contribution in [-0.2, 0) is 4.74 Å². The number of aliphatic hydroxyl groups excluding tert-OH is 1. The fraction of sp³-hybridized carbons (Fsp3) is 0.364. The highest BCUT2D eigenvalue weighted by molar-refractivity contribution is 5.95. The number of ether oxygens (including phenoxy) is 1. The van der Waals surface area contributed by atoms with Crippen LogP contribution < -0.4 is 5.32 Å². The van der Waals surface area contributed by atoms with Crippen LogP contribution in [0.15, 0.2) is 43.0 Å². The standard InChI is InChI=1S/C22H24N6O2/c29-9-10-30-16-4-2-15(3-5-16)27-22-26-13-18-17(12-25-21(18)28-22)14-1-6-19-20(11-14)24-8-7-23-19/h1,6-8,11-13,15-16,29H,2-5,9-10H2,(H2,25,26,27,28). The van der Waals surface area contributed by atoms with Crippen molar-refractivity contribution in [1.29, 1.82) is 0 Å². The van der Waals surface area contributed by atoms with Crippen LogP contribution in [0.25, 0.3) is 33.2 Å². The maximum atomic E-state index is 8.89. The van der Waals surface area contributed by atoms with E-state index in [0.29, 0.717) is 18.6 Å². The molecule has 1 saturated carbocycles. The Balaban J connectivity index is 1.31. The topological polar surface area (TPSA) is 109 Å². The molecule has 0 unspecified atom stereocenters. The smallest absolute Gasteiger partial charge is 0.224 e. The lowest BCUT2D eigenvalue weighted by atomic mass is 9.93. The van der Waals surface area contributed by atoms with Crippen LogP contribution in [0.4, 0.5) is 5.95 Å². The van der Waals surface area contributed by atoms with Gasteiger partial charge in [0.25, 0.3) is 0 Å². The molecule has 0 aliphatic heterocycles. The van der Waals surface area contributed by atoms with Crippen LogP contribution >= 0.6 is 0 Å². The van der Waals surface area contributed by atoms with Crippen molar-refractivity contribution in [3.05, 3.63) is 43.0 Å². The van der Waals surface area contributed by atoms with Crippen molar-refractivity contribution in [2.75, 3.05) is 18.5 Å². The van der Waals surface area contributed by atoms with E-state index in [0.717, 1.165) is 58.9 Å². The summed E-state index contributed by atoms with van der Waals surface area (Å²) in [7, 11) is 0. The van der Waals surface area contributed by atoms with Crippen LogP contribution in [0.1, 0.15) is 25.7 Å². The Bertz CT molecular complexity index is 1150. The Morgan fingerprint density at radius 3 is 2.73 bits per heavy atom. The van der Waals surface area contributed by atoms with E-state index in [1.165, 1.54) is 0 Å². The molecule has 154 valence electrons. The van der Waals surface area contributed by atoms with E-state index in [1.54, 1.807) is 12.4 Å². The highest BCUT2D eigenvalue weighted by Gasteiger charge is 2.22. The molecule has 8 nitrogen and oxygen atoms in total. The van der Waals surface area contributed by atoms with Gasteiger partial charge in [0.1, 0.15) is 5.65 Å². The van der Waals surface area contributed by atoms with Gasteiger partial charge in [0.05, 0.1) is 30.4 Å². The molecule has 1 aliphatic rings. The highest BCUT2D eigenvalue weighted by Crippen LogP contribution is 2.30. The van der Waals surface area contributed by atoms with Gasteiger partial charge in [0, 0.05) is 41.8 Å². The molecule has 0 amide bonds. The highest BCUT2D eigenvalue weighted by atomic mass is 16.5. The lowest BCUT2D eigenvalue weighted by Crippen LogP contribution is -2.30. The number of aliphatic hydroxyl groups is 1. The number of fused-ring (bicyclic) bond motifs is 2. The van der Waals surface area contributed by atoms with Crippen molar-refractivity contribution in [3.63, 3.8) is 0 Å². The third-order valence-electron chi connectivity index (χ3n) is 5.66. The summed E-state index contributed by atoms with van der Waals surface area (Å²) in [6, 6.07) is 6.40. The van der Waals surface area contributed by atoms with E-state index in [-0.39, 0.29) is 12.7 Å². The van der Waals surface area contributed by atoms with Gasteiger partial charge in [-0.15, -0.1) is 0 Å². The first-order valence-electron chi connectivity index (χ1n) is 10.3. The number of aromatic amines is 1. The van der Waals surface area contributed by atoms with Crippen LogP contribution in [0, 0.1) is 0 Å². The van der Waals surface area contributed by atoms with Crippen LogP contribution in [0.3, 0.4) is 0 Å². The summed E-state index contributed by atoms with van der Waals surface area (Å²) in [5.74, 6) is 0.639. The monoisotopic (exact) mass is 404 g/mol. The van der Waals surface area contributed by atoms with E-state index in [1.807, 2.05) is 30.6 Å². The zero-order chi connectivity index (χ0) is 20.3. The second-order valence-corrected chi connectivity index (χ2v) is 7.63. The molecule has 1 aliphatic carbocycles. The third kappa shape index (κ3) is 3.83. The van der Waals surface area contributed by atoms with Gasteiger partial charge >= 0.3 is 0 Å². The second-order valence-electron chi connectivity index (χ2n) is 7.63. The van der Waals surface area contributed by atoms with Crippen molar-refractivity contribution in [3.8, 4) is 11.1 Å². The first-order chi connectivity index (χ1) is 14.8. The summed E-state index contributed by atoms with van der Waals surface area (Å²) in [6.07, 6.45) is 11.5. The lowest BCUT2D eigenvalue weighted by Gasteiger charge is -2.28. The zero-order valence-electron chi connectivity index (χ0n) is 16.6. The summed E-state index contributed by atoms with van der Waals surface area (Å²) < 4.78 is 5.64. The molecule has 0 spiro atoms. The number of aromatic nitrogens is 5. The number of benzene rings is 1. The van der Waals surface area contributed by atoms with E-state index in [2.05, 4.69) is 30.2 Å². The van der Waals surface area contributed by atoms with E-state index in [4.69, 9.17) is 9.84 Å². The molecule has 0 radical (unpaired) electrons. The Morgan fingerprint density at radius 1 is 1.07 bits per heavy atom. The van der Waals surface area contributed by atoms with Crippen molar-refractivity contribution in [2.45, 2.75) is 37.8 Å². The minimum Gasteiger partial charge on any atom is -0.394 e. The minimum absolute atomic E-state index is 0.0801. The van der Waals surface area contributed by atoms with Gasteiger partial charge in [-0.2, -0.15) is 4.98 Å². The Labute approximate surface area is 173 Å². The van der Waals surface area contributed by atoms with E-state index >= 15 is 0 Å². The molecule has 1 aromatic carbocycles. The van der Waals surface area contributed by atoms with Gasteiger partial charge < -0.3 is 20.1 Å². The summed E-state index contributed by atoms with van der Waals surface area (Å²) in [5, 5.41) is 13.3. The number of rotatable bonds is 6. The SMILES string of the molecule is OCCOC1CCC(Nc2ncc3c(-c4ccc5nccnc5c4)c[nH]c3n2)CC1. The molecule has 4 aromatic rings. The first-order valence-corrected chi connectivity index (χ1v) is 10.3. The number of nitrogens with zero attached hydrogens (tertiary/aromatic N) is 4. The second kappa shape index (κ2) is 8.33. The maximum Gasteiger partial charge on any atom is 0.224 e. The summed E-state index contributed by atoms with van der Waals surface area (Å²) in [6.45, 7) is 0.498. The summed E-state index contributed by atoms with van der Waals surface area (Å²) in [4.78, 5) is 21.2. The average molecular weight is 404 g/mol. The van der Waals surface area contributed by atoms with Crippen LogP contribution in [0.2, 0.25) is 0 Å². The van der Waals surface area contributed by atoms with Gasteiger partial charge in [-0.1, -0.05) is 6.07 Å². The Kier molecular flexibility index (Phi) is 5.25. The molecule has 30 heavy (non-hydrogen) atoms. The number of hydrogen-bond acceptors (Lipinski definition) is 7. The fourth-order valence-corrected chi connectivity index (χ4v) is 4.12. The van der Waals surface area contributed by atoms with Gasteiger partial charge in [-0.25, -0.2) is 4.98 Å². The quantitative estimate of drug-likeness (QED) is 0.452. The number of hydrogen-bond donors (Lipinski definition) is 3. The molecule has 0 bridgehead atoms. The molecular formula is C22H24N6O2. The molecule has 3 aromatic heterocycles. The van der Waals surface area contributed by atoms with Gasteiger partial charge in [-0.05, 0) is 43.4 Å². The number of nitrogens with one attached hydrogen (secondary N) is 2. The maximum absolute atomic E-state index is 8.89. The Morgan fingerprint density at radius 2 is 1.90 bits per heavy atom. The third-order valence-corrected chi connectivity index (χ3v) is 5.66. The van der Waals surface area contributed by atoms with Crippen molar-refractivity contribution in [1.82, 2.24) is 24.9 Å². The summed E-state index contributed by atoms with van der Waals surface area (Å²) in [5.41, 5.74) is 4.65. The number of H-pyrrole nitrogens is 1. The predicted octanol–water partition coefficient (Wildman–Crippen LogP) is 3.30. The number of anilines is 1. The van der Waals surface area contributed by atoms with E-state index in [9.17, 15) is 0 Å². The average Bonchev–Trinajstić information content (AvgIpc) is 3.21. The zero-order valence-corrected chi connectivity index (χ0v) is 16.6. The van der Waals surface area contributed by atoms with Crippen LogP contribution in [-0.4, -0.2) is 55.4 Å². The largest absolute Gasteiger partial charge is 0.394 e. The van der Waals surface area contributed by atoms with Crippen molar-refractivity contribution >= 4 is 28.0 Å². The van der Waals surface area contributed by atoms with Crippen molar-refractivity contribution in [2.24, 2.45) is 0 Å². The molecule has 0 atom stereocenters. The summed E-state index contributed by atoms with van der Waals surface area (Å²) >= 11 is 0. The molecule has 3 heterocycles. The van der Waals surface area contributed by atoms with Gasteiger partial charge in [0.15, 0.2) is 0 Å². The van der Waals surface area contributed by atoms with Crippen molar-refractivity contribution < 1.29 is 9.84 Å². The first kappa shape index (κ1) is 18.9. The van der Waals surface area contributed by atoms with Gasteiger partial charge in [-0.3, -0.25) is 9.97 Å². The molecule has 0 saturated heterocycles. The molecular weight excluding hydrogens is 380 g/mol. The molecule has 5 rings (SSSR count). The van der Waals surface area contributed by atoms with Crippen LogP contribution in [0.5, 0.6) is 0 Å². The van der Waals surface area contributed by atoms with E-state index < -0.39 is 0 Å². The normalized spacial score (nSPS) is 19.4. The predicted molar refractivity (Wildman–Crippen MR) is 115 cm³/mol. The molecule has 8 heteroatoms. The fourth-order valence-electron chi connectivity index (χ4n) is 4.12. The molecule has 1 fully saturated rings. The molecule has 3 N–H and O–H groups in total. The Hall–Kier alpha value is -3.10. The lowest BCUT2D eigenvalue weighted by molar-refractivity contribution is 0.00719. The van der Waals surface area contributed by atoms with Gasteiger partial charge in [0.2, 0.25) is 5.95 Å². The minimum atomic E-state index is 0.0801.